The first-order valence-electron chi connectivity index (χ1n) is 7.46. The zero-order chi connectivity index (χ0) is 16.8. The van der Waals surface area contributed by atoms with E-state index >= 15 is 0 Å². The third-order valence-electron chi connectivity index (χ3n) is 3.52. The van der Waals surface area contributed by atoms with Gasteiger partial charge in [0.1, 0.15) is 5.82 Å². The van der Waals surface area contributed by atoms with Gasteiger partial charge in [-0.05, 0) is 6.42 Å². The molecule has 2 rings (SSSR count). The molecular formula is C13H20N6O4. The molecule has 126 valence electrons. The highest BCUT2D eigenvalue weighted by Crippen LogP contribution is 2.18. The number of nitrogens with zero attached hydrogens (tertiary/aromatic N) is 5. The van der Waals surface area contributed by atoms with E-state index < -0.39 is 11.0 Å². The summed E-state index contributed by atoms with van der Waals surface area (Å²) in [5.41, 5.74) is 2.75. The lowest BCUT2D eigenvalue weighted by molar-refractivity contribution is -0.446. The average Bonchev–Trinajstić information content (AvgIpc) is 2.46. The number of hydrogen-bond acceptors (Lipinski definition) is 7. The van der Waals surface area contributed by atoms with Crippen molar-refractivity contribution in [2.45, 2.75) is 19.8 Å². The number of anilines is 2. The van der Waals surface area contributed by atoms with Crippen LogP contribution in [0.1, 0.15) is 19.0 Å². The molecule has 1 aliphatic rings. The zero-order valence-electron chi connectivity index (χ0n) is 12.9. The first-order chi connectivity index (χ1) is 11.0. The summed E-state index contributed by atoms with van der Waals surface area (Å²) in [6, 6.07) is 1.83. The predicted octanol–water partition coefficient (Wildman–Crippen LogP) is 0.239. The molecule has 0 spiro atoms. The van der Waals surface area contributed by atoms with Gasteiger partial charge in [0.2, 0.25) is 0 Å². The molecule has 0 amide bonds. The highest BCUT2D eigenvalue weighted by molar-refractivity contribution is 5.69. The average molecular weight is 324 g/mol. The Hall–Kier alpha value is -2.49. The number of aromatic nitrogens is 2. The number of nitrogens with one attached hydrogen (secondary N) is 1. The van der Waals surface area contributed by atoms with Gasteiger partial charge in [0.15, 0.2) is 5.03 Å². The monoisotopic (exact) mass is 324 g/mol. The normalized spacial score (nSPS) is 15.4. The lowest BCUT2D eigenvalue weighted by Crippen LogP contribution is -2.48. The van der Waals surface area contributed by atoms with Crippen LogP contribution in [-0.2, 0) is 11.2 Å². The summed E-state index contributed by atoms with van der Waals surface area (Å²) >= 11 is 0. The number of carboxylic acid groups (broad SMARTS) is 1. The molecule has 2 N–H and O–H groups in total. The summed E-state index contributed by atoms with van der Waals surface area (Å²) < 4.78 is 0. The number of rotatable bonds is 7. The van der Waals surface area contributed by atoms with Crippen molar-refractivity contribution in [3.05, 3.63) is 21.9 Å². The molecule has 0 saturated carbocycles. The summed E-state index contributed by atoms with van der Waals surface area (Å²) in [5.74, 6) is -0.241. The minimum atomic E-state index is -0.844. The number of aryl methyl sites for hydroxylation is 1. The molecule has 1 fully saturated rings. The van der Waals surface area contributed by atoms with Crippen LogP contribution in [0, 0.1) is 10.1 Å². The van der Waals surface area contributed by atoms with Crippen LogP contribution >= 0.6 is 0 Å². The maximum atomic E-state index is 10.7. The van der Waals surface area contributed by atoms with Crippen molar-refractivity contribution in [2.24, 2.45) is 0 Å². The van der Waals surface area contributed by atoms with E-state index in [1.165, 1.54) is 0 Å². The van der Waals surface area contributed by atoms with Crippen LogP contribution in [0.5, 0.6) is 0 Å². The molecule has 0 atom stereocenters. The third-order valence-corrected chi connectivity index (χ3v) is 3.52. The van der Waals surface area contributed by atoms with Crippen molar-refractivity contribution in [1.29, 1.82) is 0 Å². The maximum Gasteiger partial charge on any atom is 0.317 e. The van der Waals surface area contributed by atoms with Crippen molar-refractivity contribution in [2.75, 3.05) is 43.0 Å². The molecule has 1 aromatic rings. The number of hydrogen-bond donors (Lipinski definition) is 2. The molecule has 0 aromatic carbocycles. The van der Waals surface area contributed by atoms with Crippen molar-refractivity contribution in [3.8, 4) is 0 Å². The lowest BCUT2D eigenvalue weighted by atomic mass is 10.2. The molecule has 0 aliphatic carbocycles. The Morgan fingerprint density at radius 1 is 1.39 bits per heavy atom. The fourth-order valence-corrected chi connectivity index (χ4v) is 2.49. The third kappa shape index (κ3) is 5.02. The van der Waals surface area contributed by atoms with Crippen molar-refractivity contribution in [3.63, 3.8) is 0 Å². The first-order valence-corrected chi connectivity index (χ1v) is 7.46. The Labute approximate surface area is 133 Å². The molecule has 0 radical (unpaired) electrons. The summed E-state index contributed by atoms with van der Waals surface area (Å²) in [7, 11) is 0. The topological polar surface area (TPSA) is 125 Å². The molecule has 1 aromatic heterocycles. The molecule has 1 aliphatic heterocycles. The van der Waals surface area contributed by atoms with Gasteiger partial charge in [-0.2, -0.15) is 4.98 Å². The smallest absolute Gasteiger partial charge is 0.317 e. The molecular weight excluding hydrogens is 304 g/mol. The molecule has 1 saturated heterocycles. The number of aliphatic carboxylic acids is 1. The first kappa shape index (κ1) is 16.9. The Morgan fingerprint density at radius 3 is 2.65 bits per heavy atom. The molecule has 10 nitrogen and oxygen atoms in total. The molecule has 2 heterocycles. The van der Waals surface area contributed by atoms with E-state index in [1.54, 1.807) is 0 Å². The van der Waals surface area contributed by atoms with E-state index in [-0.39, 0.29) is 12.5 Å². The molecule has 23 heavy (non-hydrogen) atoms. The Balaban J connectivity index is 2.10. The standard InChI is InChI=1S/C13H20N6O4/c1-2-3-10-8-11(15-13(14-10)16-19(22)23)18-6-4-17(5-7-18)9-12(20)21/h8H,2-7,9H2,1H3,(H,20,21)(H,14,15,16). The largest absolute Gasteiger partial charge is 0.480 e. The Kier molecular flexibility index (Phi) is 5.63. The van der Waals surface area contributed by atoms with E-state index in [1.807, 2.05) is 28.2 Å². The molecule has 0 unspecified atom stereocenters. The molecule has 0 bridgehead atoms. The van der Waals surface area contributed by atoms with Crippen LogP contribution < -0.4 is 10.3 Å². The summed E-state index contributed by atoms with van der Waals surface area (Å²) in [5, 5.41) is 18.7. The second kappa shape index (κ2) is 7.68. The number of carboxylic acids is 1. The molecule has 10 heteroatoms. The van der Waals surface area contributed by atoms with Crippen LogP contribution in [0.15, 0.2) is 6.07 Å². The van der Waals surface area contributed by atoms with Gasteiger partial charge in [0.25, 0.3) is 5.95 Å². The summed E-state index contributed by atoms with van der Waals surface area (Å²) in [6.45, 7) is 4.48. The van der Waals surface area contributed by atoms with Crippen LogP contribution in [0.4, 0.5) is 11.8 Å². The van der Waals surface area contributed by atoms with Gasteiger partial charge < -0.3 is 10.0 Å². The van der Waals surface area contributed by atoms with Crippen molar-refractivity contribution in [1.82, 2.24) is 14.9 Å². The van der Waals surface area contributed by atoms with Gasteiger partial charge in [-0.3, -0.25) is 9.69 Å². The van der Waals surface area contributed by atoms with Crippen LogP contribution in [0.3, 0.4) is 0 Å². The number of hydrazine groups is 1. The van der Waals surface area contributed by atoms with E-state index in [2.05, 4.69) is 9.97 Å². The Morgan fingerprint density at radius 2 is 2.09 bits per heavy atom. The Bertz CT molecular complexity index is 574. The zero-order valence-corrected chi connectivity index (χ0v) is 12.9. The van der Waals surface area contributed by atoms with Crippen LogP contribution in [0.2, 0.25) is 0 Å². The van der Waals surface area contributed by atoms with Crippen molar-refractivity contribution < 1.29 is 14.9 Å². The van der Waals surface area contributed by atoms with E-state index in [0.29, 0.717) is 38.4 Å². The minimum Gasteiger partial charge on any atom is -0.480 e. The van der Waals surface area contributed by atoms with E-state index in [4.69, 9.17) is 5.11 Å². The second-order valence-electron chi connectivity index (χ2n) is 5.32. The van der Waals surface area contributed by atoms with Gasteiger partial charge in [-0.1, -0.05) is 18.8 Å². The number of nitro groups is 1. The van der Waals surface area contributed by atoms with E-state index in [0.717, 1.165) is 12.1 Å². The van der Waals surface area contributed by atoms with Gasteiger partial charge in [0.05, 0.1) is 6.54 Å². The highest BCUT2D eigenvalue weighted by atomic mass is 16.7. The van der Waals surface area contributed by atoms with Crippen LogP contribution in [0.25, 0.3) is 0 Å². The summed E-state index contributed by atoms with van der Waals surface area (Å²) in [6.07, 6.45) is 1.58. The number of carbonyl (C=O) groups is 1. The van der Waals surface area contributed by atoms with Gasteiger partial charge in [0, 0.05) is 37.9 Å². The number of piperazine rings is 1. The predicted molar refractivity (Wildman–Crippen MR) is 82.9 cm³/mol. The SMILES string of the molecule is CCCc1cc(N2CCN(CC(=O)O)CC2)nc(N[N+](=O)[O-])n1. The van der Waals surface area contributed by atoms with Crippen LogP contribution in [-0.4, -0.2) is 63.7 Å². The second-order valence-corrected chi connectivity index (χ2v) is 5.32. The highest BCUT2D eigenvalue weighted by Gasteiger charge is 2.21. The van der Waals surface area contributed by atoms with Gasteiger partial charge in [-0.25, -0.2) is 15.1 Å². The summed E-state index contributed by atoms with van der Waals surface area (Å²) in [4.78, 5) is 33.5. The maximum absolute atomic E-state index is 10.7. The quantitative estimate of drug-likeness (QED) is 0.536. The van der Waals surface area contributed by atoms with Gasteiger partial charge in [-0.15, -0.1) is 0 Å². The minimum absolute atomic E-state index is 0.0207. The lowest BCUT2D eigenvalue weighted by Gasteiger charge is -2.34. The van der Waals surface area contributed by atoms with E-state index in [9.17, 15) is 14.9 Å². The van der Waals surface area contributed by atoms with Crippen molar-refractivity contribution >= 4 is 17.7 Å². The fraction of sp³-hybridized carbons (Fsp3) is 0.615. The fourth-order valence-electron chi connectivity index (χ4n) is 2.49. The van der Waals surface area contributed by atoms with Gasteiger partial charge >= 0.3 is 5.97 Å².